The normalized spacial score (nSPS) is 13.3. The number of nitrogens with zero attached hydrogens (tertiary/aromatic N) is 1. The molecule has 196 valence electrons. The third kappa shape index (κ3) is 8.56. The van der Waals surface area contributed by atoms with Gasteiger partial charge in [-0.3, -0.25) is 24.2 Å². The van der Waals surface area contributed by atoms with Crippen molar-refractivity contribution in [3.63, 3.8) is 0 Å². The molecule has 1 aromatic carbocycles. The number of H-pyrrole nitrogens is 1. The van der Waals surface area contributed by atoms with E-state index in [0.717, 1.165) is 10.9 Å². The SMILES string of the molecule is NC(N)=NCCCC(N)C(=O)NC(CO)C(=O)NC(Cc1c[nH]c2ccccc12)C(=O)NCC(=O)O. The van der Waals surface area contributed by atoms with Crippen molar-refractivity contribution in [3.8, 4) is 0 Å². The average Bonchev–Trinajstić information content (AvgIpc) is 3.25. The quantitative estimate of drug-likeness (QED) is 0.0733. The summed E-state index contributed by atoms with van der Waals surface area (Å²) in [5.41, 5.74) is 17.8. The van der Waals surface area contributed by atoms with Crippen molar-refractivity contribution < 1.29 is 29.4 Å². The van der Waals surface area contributed by atoms with Crippen LogP contribution in [0.25, 0.3) is 10.9 Å². The van der Waals surface area contributed by atoms with Crippen LogP contribution in [0.5, 0.6) is 0 Å². The van der Waals surface area contributed by atoms with Crippen molar-refractivity contribution in [2.24, 2.45) is 22.2 Å². The molecule has 0 saturated heterocycles. The highest BCUT2D eigenvalue weighted by molar-refractivity contribution is 5.94. The first-order chi connectivity index (χ1) is 17.1. The van der Waals surface area contributed by atoms with Gasteiger partial charge < -0.3 is 48.3 Å². The Kier molecular flexibility index (Phi) is 10.6. The molecule has 3 atom stereocenters. The van der Waals surface area contributed by atoms with Gasteiger partial charge >= 0.3 is 5.97 Å². The van der Waals surface area contributed by atoms with Crippen LogP contribution in [0.2, 0.25) is 0 Å². The summed E-state index contributed by atoms with van der Waals surface area (Å²) in [5.74, 6) is -3.60. The van der Waals surface area contributed by atoms with Gasteiger partial charge in [0.2, 0.25) is 17.7 Å². The van der Waals surface area contributed by atoms with Crippen molar-refractivity contribution in [2.75, 3.05) is 19.7 Å². The van der Waals surface area contributed by atoms with E-state index in [2.05, 4.69) is 25.9 Å². The third-order valence-electron chi connectivity index (χ3n) is 5.27. The molecule has 12 N–H and O–H groups in total. The summed E-state index contributed by atoms with van der Waals surface area (Å²) in [6.45, 7) is -1.13. The molecule has 2 aromatic rings. The van der Waals surface area contributed by atoms with Crippen LogP contribution in [0.1, 0.15) is 18.4 Å². The van der Waals surface area contributed by atoms with Gasteiger partial charge in [0.05, 0.1) is 12.6 Å². The van der Waals surface area contributed by atoms with Crippen LogP contribution in [0.4, 0.5) is 0 Å². The molecule has 3 unspecified atom stereocenters. The van der Waals surface area contributed by atoms with Gasteiger partial charge in [-0.15, -0.1) is 0 Å². The molecule has 1 heterocycles. The van der Waals surface area contributed by atoms with E-state index >= 15 is 0 Å². The molecule has 0 fully saturated rings. The number of benzene rings is 1. The Hall–Kier alpha value is -4.17. The Bertz CT molecular complexity index is 1100. The van der Waals surface area contributed by atoms with Crippen molar-refractivity contribution >= 4 is 40.6 Å². The fourth-order valence-electron chi connectivity index (χ4n) is 3.41. The first-order valence-corrected chi connectivity index (χ1v) is 11.2. The largest absolute Gasteiger partial charge is 0.480 e. The lowest BCUT2D eigenvalue weighted by atomic mass is 10.0. The third-order valence-corrected chi connectivity index (χ3v) is 5.27. The number of carbonyl (C=O) groups is 4. The van der Waals surface area contributed by atoms with E-state index in [0.29, 0.717) is 12.0 Å². The van der Waals surface area contributed by atoms with Gasteiger partial charge in [0.15, 0.2) is 5.96 Å². The second-order valence-corrected chi connectivity index (χ2v) is 8.04. The number of carboxylic acid groups (broad SMARTS) is 1. The number of aliphatic imine (C=N–C) groups is 1. The van der Waals surface area contributed by atoms with Gasteiger partial charge in [-0.2, -0.15) is 0 Å². The minimum Gasteiger partial charge on any atom is -0.480 e. The number of aromatic nitrogens is 1. The first kappa shape index (κ1) is 28.1. The Labute approximate surface area is 206 Å². The maximum Gasteiger partial charge on any atom is 0.322 e. The van der Waals surface area contributed by atoms with Crippen molar-refractivity contribution in [1.82, 2.24) is 20.9 Å². The zero-order valence-electron chi connectivity index (χ0n) is 19.6. The lowest BCUT2D eigenvalue weighted by molar-refractivity contribution is -0.138. The molecule has 0 spiro atoms. The zero-order valence-corrected chi connectivity index (χ0v) is 19.6. The number of fused-ring (bicyclic) bond motifs is 1. The highest BCUT2D eigenvalue weighted by Gasteiger charge is 2.28. The van der Waals surface area contributed by atoms with Gasteiger partial charge in [-0.05, 0) is 24.5 Å². The molecule has 14 nitrogen and oxygen atoms in total. The number of carboxylic acids is 1. The molecule has 0 aliphatic heterocycles. The smallest absolute Gasteiger partial charge is 0.322 e. The minimum absolute atomic E-state index is 0.0254. The molecule has 0 radical (unpaired) electrons. The maximum atomic E-state index is 12.8. The van der Waals surface area contributed by atoms with E-state index in [4.69, 9.17) is 22.3 Å². The number of aliphatic hydroxyl groups is 1. The lowest BCUT2D eigenvalue weighted by Gasteiger charge is -2.23. The lowest BCUT2D eigenvalue weighted by Crippen LogP contribution is -2.57. The van der Waals surface area contributed by atoms with Crippen LogP contribution in [-0.2, 0) is 25.6 Å². The Morgan fingerprint density at radius 3 is 2.39 bits per heavy atom. The number of carbonyl (C=O) groups excluding carboxylic acids is 3. The first-order valence-electron chi connectivity index (χ1n) is 11.2. The molecule has 0 aliphatic carbocycles. The van der Waals surface area contributed by atoms with Crippen LogP contribution >= 0.6 is 0 Å². The fraction of sp³-hybridized carbons (Fsp3) is 0.409. The van der Waals surface area contributed by atoms with Gasteiger partial charge in [0, 0.05) is 30.1 Å². The molecule has 0 bridgehead atoms. The Balaban J connectivity index is 2.07. The standard InChI is InChI=1S/C22H32N8O6/c23-14(5-3-7-26-22(24)25)19(34)30-17(11-31)21(36)29-16(20(35)28-10-18(32)33)8-12-9-27-15-6-2-1-4-13(12)15/h1-2,4,6,9,14,16-17,27,31H,3,5,7-8,10-11,23H2,(H,28,35)(H,29,36)(H,30,34)(H,32,33)(H4,24,25,26). The molecule has 2 rings (SSSR count). The number of hydrogen-bond donors (Lipinski definition) is 9. The fourth-order valence-corrected chi connectivity index (χ4v) is 3.41. The summed E-state index contributed by atoms with van der Waals surface area (Å²) < 4.78 is 0. The molecule has 36 heavy (non-hydrogen) atoms. The van der Waals surface area contributed by atoms with E-state index in [-0.39, 0.29) is 25.3 Å². The average molecular weight is 505 g/mol. The van der Waals surface area contributed by atoms with Crippen molar-refractivity contribution in [2.45, 2.75) is 37.4 Å². The molecule has 3 amide bonds. The number of aromatic amines is 1. The number of aliphatic carboxylic acids is 1. The van der Waals surface area contributed by atoms with Crippen LogP contribution < -0.4 is 33.2 Å². The number of aliphatic hydroxyl groups excluding tert-OH is 1. The summed E-state index contributed by atoms with van der Waals surface area (Å²) >= 11 is 0. The van der Waals surface area contributed by atoms with E-state index < -0.39 is 55.0 Å². The highest BCUT2D eigenvalue weighted by atomic mass is 16.4. The summed E-state index contributed by atoms with van der Waals surface area (Å²) in [6.07, 6.45) is 2.35. The highest BCUT2D eigenvalue weighted by Crippen LogP contribution is 2.19. The van der Waals surface area contributed by atoms with E-state index in [1.165, 1.54) is 0 Å². The number of rotatable bonds is 14. The second kappa shape index (κ2) is 13.7. The Morgan fingerprint density at radius 2 is 1.72 bits per heavy atom. The topological polar surface area (TPSA) is 251 Å². The van der Waals surface area contributed by atoms with Crippen LogP contribution in [0.15, 0.2) is 35.5 Å². The molecular formula is C22H32N8O6. The van der Waals surface area contributed by atoms with Gasteiger partial charge in [0.1, 0.15) is 18.6 Å². The minimum atomic E-state index is -1.39. The molecule has 1 aromatic heterocycles. The van der Waals surface area contributed by atoms with Crippen molar-refractivity contribution in [1.29, 1.82) is 0 Å². The maximum absolute atomic E-state index is 12.8. The summed E-state index contributed by atoms with van der Waals surface area (Å²) in [5, 5.41) is 26.5. The van der Waals surface area contributed by atoms with Gasteiger partial charge in [-0.1, -0.05) is 18.2 Å². The second-order valence-electron chi connectivity index (χ2n) is 8.04. The number of nitrogens with two attached hydrogens (primary N) is 3. The summed E-state index contributed by atoms with van der Waals surface area (Å²) in [6, 6.07) is 3.77. The number of para-hydroxylation sites is 1. The molecule has 0 saturated carbocycles. The Morgan fingerprint density at radius 1 is 1.03 bits per heavy atom. The number of guanidine groups is 1. The van der Waals surface area contributed by atoms with E-state index in [9.17, 15) is 24.3 Å². The molecular weight excluding hydrogens is 472 g/mol. The van der Waals surface area contributed by atoms with Crippen LogP contribution in [0.3, 0.4) is 0 Å². The van der Waals surface area contributed by atoms with Crippen molar-refractivity contribution in [3.05, 3.63) is 36.0 Å². The number of hydrogen-bond acceptors (Lipinski definition) is 7. The van der Waals surface area contributed by atoms with E-state index in [1.54, 1.807) is 6.20 Å². The van der Waals surface area contributed by atoms with Crippen LogP contribution in [0, 0.1) is 0 Å². The number of nitrogens with one attached hydrogen (secondary N) is 4. The van der Waals surface area contributed by atoms with E-state index in [1.807, 2.05) is 24.3 Å². The predicted octanol–water partition coefficient (Wildman–Crippen LogP) is -2.75. The van der Waals surface area contributed by atoms with Crippen LogP contribution in [-0.4, -0.2) is 82.7 Å². The monoisotopic (exact) mass is 504 g/mol. The number of amides is 3. The van der Waals surface area contributed by atoms with Gasteiger partial charge in [-0.25, -0.2) is 0 Å². The van der Waals surface area contributed by atoms with Gasteiger partial charge in [0.25, 0.3) is 0 Å². The predicted molar refractivity (Wildman–Crippen MR) is 131 cm³/mol. The summed E-state index contributed by atoms with van der Waals surface area (Å²) in [7, 11) is 0. The zero-order chi connectivity index (χ0) is 26.7. The summed E-state index contributed by atoms with van der Waals surface area (Å²) in [4.78, 5) is 55.6. The molecule has 14 heteroatoms. The molecule has 0 aliphatic rings.